The number of para-hydroxylation sites is 3. The number of rotatable bonds is 6. The first-order valence-corrected chi connectivity index (χ1v) is 19.6. The first kappa shape index (κ1) is 36.1. The Bertz CT molecular complexity index is 2990. The Hall–Kier alpha value is -6.26. The minimum Gasteiger partial charge on any atom is -0.319 e. The molecule has 0 radical (unpaired) electrons. The van der Waals surface area contributed by atoms with Crippen LogP contribution in [0.3, 0.4) is 0 Å². The fourth-order valence-electron chi connectivity index (χ4n) is 9.30. The molecule has 1 N–H and O–H groups in total. The van der Waals surface area contributed by atoms with E-state index in [1.165, 1.54) is 33.4 Å². The van der Waals surface area contributed by atoms with Crippen molar-refractivity contribution in [2.75, 3.05) is 10.1 Å². The van der Waals surface area contributed by atoms with Crippen LogP contribution in [0.1, 0.15) is 41.7 Å². The molecule has 5 nitrogen and oxygen atoms in total. The molecule has 3 heterocycles. The van der Waals surface area contributed by atoms with E-state index in [1.54, 1.807) is 0 Å². The summed E-state index contributed by atoms with van der Waals surface area (Å²) in [6.45, 7) is 6.51. The monoisotopic (exact) mass is 930 g/mol. The summed E-state index contributed by atoms with van der Waals surface area (Å²) < 4.78 is 2.29. The van der Waals surface area contributed by atoms with E-state index in [4.69, 9.17) is 9.92 Å². The van der Waals surface area contributed by atoms with Gasteiger partial charge in [0.25, 0.3) is 0 Å². The third kappa shape index (κ3) is 5.27. The van der Waals surface area contributed by atoms with Gasteiger partial charge in [0.15, 0.2) is 0 Å². The van der Waals surface area contributed by atoms with E-state index >= 15 is 0 Å². The summed E-state index contributed by atoms with van der Waals surface area (Å²) in [5.41, 5.74) is 14.8. The van der Waals surface area contributed by atoms with Crippen LogP contribution in [0.5, 0.6) is 0 Å². The van der Waals surface area contributed by atoms with Gasteiger partial charge in [0.05, 0.1) is 6.04 Å². The quantitative estimate of drug-likeness (QED) is 0.123. The summed E-state index contributed by atoms with van der Waals surface area (Å²) in [5.74, 6) is 0.856. The van der Waals surface area contributed by atoms with Gasteiger partial charge in [0.1, 0.15) is 17.2 Å². The SMILES string of the molecule is Cc1ccccc1-c1ccnc(-n2c3[c-]c(C4(c5[c-]c(N6[OH+]N(C(C)C)c7ccccc76)ccc5)c5ccccc5-c5ccccc54)ccc3c3ccccc32)c1.[Pt]. The number of hydrogen-bond donors (Lipinski definition) is 0. The molecule has 0 amide bonds. The second kappa shape index (κ2) is 14.0. The van der Waals surface area contributed by atoms with Gasteiger partial charge in [-0.1, -0.05) is 109 Å². The van der Waals surface area contributed by atoms with Crippen LogP contribution in [0.4, 0.5) is 17.1 Å². The molecular formula is C52H39N4OPt-. The van der Waals surface area contributed by atoms with Crippen molar-refractivity contribution >= 4 is 38.9 Å². The molecule has 0 saturated carbocycles. The van der Waals surface area contributed by atoms with Crippen LogP contribution >= 0.6 is 0 Å². The molecule has 284 valence electrons. The summed E-state index contributed by atoms with van der Waals surface area (Å²) >= 11 is 0. The Balaban J connectivity index is 0.00000408. The van der Waals surface area contributed by atoms with Gasteiger partial charge in [-0.05, 0) is 95.4 Å². The van der Waals surface area contributed by atoms with E-state index in [2.05, 4.69) is 206 Å². The van der Waals surface area contributed by atoms with Crippen molar-refractivity contribution in [1.29, 1.82) is 0 Å². The maximum atomic E-state index is 5.14. The Kier molecular flexibility index (Phi) is 8.71. The molecule has 9 aromatic rings. The van der Waals surface area contributed by atoms with E-state index < -0.39 is 5.41 Å². The third-order valence-electron chi connectivity index (χ3n) is 11.8. The Morgan fingerprint density at radius 3 is 2.02 bits per heavy atom. The number of fused-ring (bicyclic) bond motifs is 7. The van der Waals surface area contributed by atoms with Crippen LogP contribution in [0.2, 0.25) is 0 Å². The molecule has 0 bridgehead atoms. The number of benzene rings is 7. The molecule has 0 fully saturated rings. The molecule has 6 heteroatoms. The fraction of sp³-hybridized carbons (Fsp3) is 0.0962. The number of nitrogens with zero attached hydrogens (tertiary/aromatic N) is 4. The van der Waals surface area contributed by atoms with Crippen LogP contribution in [-0.2, 0) is 26.5 Å². The summed E-state index contributed by atoms with van der Waals surface area (Å²) in [4.78, 5) is 10.2. The van der Waals surface area contributed by atoms with Gasteiger partial charge < -0.3 is 4.57 Å². The fourth-order valence-corrected chi connectivity index (χ4v) is 9.30. The molecule has 0 unspecified atom stereocenters. The van der Waals surface area contributed by atoms with Gasteiger partial charge in [-0.15, -0.1) is 38.8 Å². The molecule has 0 atom stereocenters. The normalized spacial score (nSPS) is 13.8. The maximum absolute atomic E-state index is 5.14. The predicted octanol–water partition coefficient (Wildman–Crippen LogP) is 12.3. The minimum atomic E-state index is -0.730. The zero-order chi connectivity index (χ0) is 38.3. The molecule has 0 spiro atoms. The van der Waals surface area contributed by atoms with Crippen molar-refractivity contribution < 1.29 is 26.0 Å². The number of hydrogen-bond acceptors (Lipinski definition) is 3. The van der Waals surface area contributed by atoms with Crippen LogP contribution in [-0.4, -0.2) is 20.5 Å². The third-order valence-corrected chi connectivity index (χ3v) is 11.8. The van der Waals surface area contributed by atoms with Crippen LogP contribution in [0.25, 0.3) is 49.9 Å². The van der Waals surface area contributed by atoms with Gasteiger partial charge in [0, 0.05) is 43.9 Å². The van der Waals surface area contributed by atoms with E-state index in [1.807, 2.05) is 11.3 Å². The molecule has 7 aromatic carbocycles. The van der Waals surface area contributed by atoms with Crippen molar-refractivity contribution in [1.82, 2.24) is 9.55 Å². The topological polar surface area (TPSA) is 37.1 Å². The molecule has 2 aromatic heterocycles. The summed E-state index contributed by atoms with van der Waals surface area (Å²) in [5, 5.41) is 6.43. The molecule has 0 saturated heterocycles. The van der Waals surface area contributed by atoms with Crippen LogP contribution in [0, 0.1) is 19.1 Å². The smallest absolute Gasteiger partial charge is 0.145 e. The first-order valence-electron chi connectivity index (χ1n) is 19.6. The predicted molar refractivity (Wildman–Crippen MR) is 232 cm³/mol. The largest absolute Gasteiger partial charge is 0.319 e. The van der Waals surface area contributed by atoms with Crippen LogP contribution < -0.4 is 10.1 Å². The zero-order valence-electron chi connectivity index (χ0n) is 32.3. The van der Waals surface area contributed by atoms with Crippen molar-refractivity contribution in [3.63, 3.8) is 0 Å². The summed E-state index contributed by atoms with van der Waals surface area (Å²) in [7, 11) is 0. The van der Waals surface area contributed by atoms with E-state index in [9.17, 15) is 0 Å². The molecule has 2 aliphatic rings. The van der Waals surface area contributed by atoms with Crippen LogP contribution in [0.15, 0.2) is 170 Å². The van der Waals surface area contributed by atoms with Gasteiger partial charge in [-0.3, -0.25) is 0 Å². The van der Waals surface area contributed by atoms with Gasteiger partial charge in [-0.25, -0.2) is 4.98 Å². The van der Waals surface area contributed by atoms with E-state index in [0.717, 1.165) is 61.4 Å². The summed E-state index contributed by atoms with van der Waals surface area (Å²) in [6.07, 6.45) is 1.93. The number of aromatic nitrogens is 2. The molecular weight excluding hydrogens is 892 g/mol. The Labute approximate surface area is 353 Å². The van der Waals surface area contributed by atoms with Crippen molar-refractivity contribution in [2.45, 2.75) is 32.2 Å². The Morgan fingerprint density at radius 2 is 1.26 bits per heavy atom. The van der Waals surface area contributed by atoms with Crippen molar-refractivity contribution in [3.05, 3.63) is 210 Å². The zero-order valence-corrected chi connectivity index (χ0v) is 34.6. The van der Waals surface area contributed by atoms with Gasteiger partial charge >= 0.3 is 0 Å². The van der Waals surface area contributed by atoms with Gasteiger partial charge in [-0.2, -0.15) is 35.3 Å². The second-order valence-electron chi connectivity index (χ2n) is 15.3. The van der Waals surface area contributed by atoms with Crippen molar-refractivity contribution in [2.24, 2.45) is 0 Å². The minimum absolute atomic E-state index is 0. The maximum Gasteiger partial charge on any atom is 0.145 e. The van der Waals surface area contributed by atoms with Gasteiger partial charge in [0.2, 0.25) is 0 Å². The first-order chi connectivity index (χ1) is 28.0. The second-order valence-corrected chi connectivity index (χ2v) is 15.3. The molecule has 1 aliphatic heterocycles. The number of pyridine rings is 1. The van der Waals surface area contributed by atoms with E-state index in [-0.39, 0.29) is 27.1 Å². The number of anilines is 3. The Morgan fingerprint density at radius 1 is 0.603 bits per heavy atom. The number of hydroxylamine groups is 1. The number of aryl methyl sites for hydroxylation is 1. The molecule has 11 rings (SSSR count). The van der Waals surface area contributed by atoms with Crippen molar-refractivity contribution in [3.8, 4) is 28.1 Å². The summed E-state index contributed by atoms with van der Waals surface area (Å²) in [6, 6.07) is 66.9. The molecule has 1 aliphatic carbocycles. The standard InChI is InChI=1S/C52H38N4O.Pt/c1-34(2)55-48-25-12-13-26-49(48)56(57-55)39-17-14-16-37(32-39)52(45-22-9-6-19-41(45)42-20-7-10-23-46(42)52)38-27-28-44-43-21-8-11-24-47(43)54(50(44)33-38)51-31-36(29-30-53-51)40-18-5-4-15-35(40)3;/h4-31,34H,1-3H3;/q-2;/p+1. The molecule has 58 heavy (non-hydrogen) atoms. The van der Waals surface area contributed by atoms with E-state index in [0.29, 0.717) is 0 Å². The average molecular weight is 931 g/mol. The average Bonchev–Trinajstić information content (AvgIpc) is 3.91.